The highest BCUT2D eigenvalue weighted by atomic mass is 79.9. The lowest BCUT2D eigenvalue weighted by atomic mass is 10.1. The minimum absolute atomic E-state index is 0.0278. The first-order valence-electron chi connectivity index (χ1n) is 8.30. The maximum atomic E-state index is 12.8. The fraction of sp³-hybridized carbons (Fsp3) is 0.300. The Morgan fingerprint density at radius 2 is 1.76 bits per heavy atom. The third kappa shape index (κ3) is 5.71. The summed E-state index contributed by atoms with van der Waals surface area (Å²) < 4.78 is 0.953. The third-order valence-corrected chi connectivity index (χ3v) is 4.62. The standard InChI is InChI=1S/C20H23BrN2O2/c1-15(20(25)22-2)23(14-17-9-6-10-18(21)13-17)19(24)12-11-16-7-4-3-5-8-16/h3-10,13,15H,11-12,14H2,1-2H3,(H,22,25)/t15-/m0/s1. The second-order valence-corrected chi connectivity index (χ2v) is 6.84. The van der Waals surface area contributed by atoms with Crippen molar-refractivity contribution in [1.82, 2.24) is 10.2 Å². The van der Waals surface area contributed by atoms with Gasteiger partial charge in [0.05, 0.1) is 0 Å². The van der Waals surface area contributed by atoms with Crippen molar-refractivity contribution in [2.45, 2.75) is 32.4 Å². The molecule has 0 heterocycles. The highest BCUT2D eigenvalue weighted by Crippen LogP contribution is 2.16. The van der Waals surface area contributed by atoms with Crippen LogP contribution in [-0.2, 0) is 22.6 Å². The molecular weight excluding hydrogens is 380 g/mol. The Kier molecular flexibility index (Phi) is 7.19. The van der Waals surface area contributed by atoms with E-state index in [9.17, 15) is 9.59 Å². The quantitative estimate of drug-likeness (QED) is 0.769. The number of carbonyl (C=O) groups is 2. The Morgan fingerprint density at radius 3 is 2.40 bits per heavy atom. The number of benzene rings is 2. The fourth-order valence-corrected chi connectivity index (χ4v) is 3.11. The van der Waals surface area contributed by atoms with Crippen LogP contribution in [0, 0.1) is 0 Å². The molecule has 1 N–H and O–H groups in total. The molecule has 2 amide bonds. The van der Waals surface area contributed by atoms with Crippen molar-refractivity contribution in [3.8, 4) is 0 Å². The smallest absolute Gasteiger partial charge is 0.242 e. The number of nitrogens with zero attached hydrogens (tertiary/aromatic N) is 1. The summed E-state index contributed by atoms with van der Waals surface area (Å²) in [6.45, 7) is 2.17. The molecule has 1 atom stereocenters. The molecule has 4 nitrogen and oxygen atoms in total. The molecule has 0 bridgehead atoms. The van der Waals surface area contributed by atoms with Crippen LogP contribution in [0.1, 0.15) is 24.5 Å². The molecule has 0 radical (unpaired) electrons. The van der Waals surface area contributed by atoms with E-state index in [1.165, 1.54) is 0 Å². The number of likely N-dealkylation sites (N-methyl/N-ethyl adjacent to an activating group) is 1. The van der Waals surface area contributed by atoms with Gasteiger partial charge in [-0.25, -0.2) is 0 Å². The van der Waals surface area contributed by atoms with E-state index in [0.717, 1.165) is 15.6 Å². The maximum absolute atomic E-state index is 12.8. The molecule has 0 unspecified atom stereocenters. The van der Waals surface area contributed by atoms with Crippen LogP contribution in [0.5, 0.6) is 0 Å². The van der Waals surface area contributed by atoms with Gasteiger partial charge in [0.25, 0.3) is 0 Å². The monoisotopic (exact) mass is 402 g/mol. The van der Waals surface area contributed by atoms with Crippen molar-refractivity contribution in [2.24, 2.45) is 0 Å². The second kappa shape index (κ2) is 9.37. The van der Waals surface area contributed by atoms with E-state index in [-0.39, 0.29) is 11.8 Å². The lowest BCUT2D eigenvalue weighted by Crippen LogP contribution is -2.46. The topological polar surface area (TPSA) is 49.4 Å². The van der Waals surface area contributed by atoms with Crippen molar-refractivity contribution in [1.29, 1.82) is 0 Å². The molecule has 0 spiro atoms. The first-order chi connectivity index (χ1) is 12.0. The van der Waals surface area contributed by atoms with Crippen molar-refractivity contribution >= 4 is 27.7 Å². The summed E-state index contributed by atoms with van der Waals surface area (Å²) in [7, 11) is 1.59. The van der Waals surface area contributed by atoms with Crippen LogP contribution in [-0.4, -0.2) is 29.8 Å². The van der Waals surface area contributed by atoms with Gasteiger partial charge in [0.2, 0.25) is 11.8 Å². The molecule has 132 valence electrons. The third-order valence-electron chi connectivity index (χ3n) is 4.13. The van der Waals surface area contributed by atoms with Crippen molar-refractivity contribution in [2.75, 3.05) is 7.05 Å². The van der Waals surface area contributed by atoms with Crippen molar-refractivity contribution in [3.05, 3.63) is 70.2 Å². The van der Waals surface area contributed by atoms with Crippen LogP contribution < -0.4 is 5.32 Å². The van der Waals surface area contributed by atoms with Gasteiger partial charge in [0.15, 0.2) is 0 Å². The predicted molar refractivity (Wildman–Crippen MR) is 103 cm³/mol. The summed E-state index contributed by atoms with van der Waals surface area (Å²) >= 11 is 3.45. The summed E-state index contributed by atoms with van der Waals surface area (Å²) in [5, 5.41) is 2.63. The first-order valence-corrected chi connectivity index (χ1v) is 9.10. The van der Waals surface area contributed by atoms with Gasteiger partial charge in [0.1, 0.15) is 6.04 Å². The number of carbonyl (C=O) groups excluding carboxylic acids is 2. The molecular formula is C20H23BrN2O2. The molecule has 2 aromatic carbocycles. The van der Waals surface area contributed by atoms with E-state index in [2.05, 4.69) is 21.2 Å². The predicted octanol–water partition coefficient (Wildman–Crippen LogP) is 3.55. The summed E-state index contributed by atoms with van der Waals surface area (Å²) in [4.78, 5) is 26.5. The SMILES string of the molecule is CNC(=O)[C@H](C)N(Cc1cccc(Br)c1)C(=O)CCc1ccccc1. The number of hydrogen-bond donors (Lipinski definition) is 1. The second-order valence-electron chi connectivity index (χ2n) is 5.93. The number of rotatable bonds is 7. The Bertz CT molecular complexity index is 719. The number of amides is 2. The van der Waals surface area contributed by atoms with E-state index in [1.807, 2.05) is 54.6 Å². The van der Waals surface area contributed by atoms with Crippen LogP contribution >= 0.6 is 15.9 Å². The largest absolute Gasteiger partial charge is 0.357 e. The van der Waals surface area contributed by atoms with Crippen LogP contribution in [0.2, 0.25) is 0 Å². The van der Waals surface area contributed by atoms with Gasteiger partial charge in [-0.2, -0.15) is 0 Å². The number of aryl methyl sites for hydroxylation is 1. The van der Waals surface area contributed by atoms with E-state index in [1.54, 1.807) is 18.9 Å². The van der Waals surface area contributed by atoms with Gasteiger partial charge < -0.3 is 10.2 Å². The number of halogens is 1. The molecule has 2 rings (SSSR count). The maximum Gasteiger partial charge on any atom is 0.242 e. The van der Waals surface area contributed by atoms with Crippen molar-refractivity contribution < 1.29 is 9.59 Å². The van der Waals surface area contributed by atoms with E-state index in [0.29, 0.717) is 19.4 Å². The highest BCUT2D eigenvalue weighted by Gasteiger charge is 2.25. The molecule has 0 fully saturated rings. The van der Waals surface area contributed by atoms with Gasteiger partial charge in [0, 0.05) is 24.5 Å². The molecule has 25 heavy (non-hydrogen) atoms. The lowest BCUT2D eigenvalue weighted by molar-refractivity contribution is -0.140. The Labute approximate surface area is 157 Å². The van der Waals surface area contributed by atoms with Gasteiger partial charge in [-0.05, 0) is 36.6 Å². The van der Waals surface area contributed by atoms with Gasteiger partial charge >= 0.3 is 0 Å². The molecule has 0 aromatic heterocycles. The van der Waals surface area contributed by atoms with Crippen LogP contribution in [0.4, 0.5) is 0 Å². The molecule has 0 aliphatic rings. The number of hydrogen-bond acceptors (Lipinski definition) is 2. The minimum Gasteiger partial charge on any atom is -0.357 e. The first kappa shape index (κ1) is 19.2. The lowest BCUT2D eigenvalue weighted by Gasteiger charge is -2.28. The molecule has 0 aliphatic heterocycles. The highest BCUT2D eigenvalue weighted by molar-refractivity contribution is 9.10. The zero-order valence-electron chi connectivity index (χ0n) is 14.5. The summed E-state index contributed by atoms with van der Waals surface area (Å²) in [6, 6.07) is 17.2. The van der Waals surface area contributed by atoms with E-state index < -0.39 is 6.04 Å². The Hall–Kier alpha value is -2.14. The Morgan fingerprint density at radius 1 is 1.08 bits per heavy atom. The molecule has 0 saturated carbocycles. The molecule has 0 saturated heterocycles. The average molecular weight is 403 g/mol. The summed E-state index contributed by atoms with van der Waals surface area (Å²) in [6.07, 6.45) is 1.04. The summed E-state index contributed by atoms with van der Waals surface area (Å²) in [5.74, 6) is -0.192. The van der Waals surface area contributed by atoms with Crippen LogP contribution in [0.15, 0.2) is 59.1 Å². The molecule has 0 aliphatic carbocycles. The van der Waals surface area contributed by atoms with Crippen LogP contribution in [0.3, 0.4) is 0 Å². The fourth-order valence-electron chi connectivity index (χ4n) is 2.66. The average Bonchev–Trinajstić information content (AvgIpc) is 2.64. The normalized spacial score (nSPS) is 11.6. The molecule has 5 heteroatoms. The van der Waals surface area contributed by atoms with E-state index in [4.69, 9.17) is 0 Å². The van der Waals surface area contributed by atoms with Gasteiger partial charge in [-0.15, -0.1) is 0 Å². The van der Waals surface area contributed by atoms with E-state index >= 15 is 0 Å². The zero-order chi connectivity index (χ0) is 18.2. The van der Waals surface area contributed by atoms with Crippen LogP contribution in [0.25, 0.3) is 0 Å². The van der Waals surface area contributed by atoms with Crippen molar-refractivity contribution in [3.63, 3.8) is 0 Å². The summed E-state index contributed by atoms with van der Waals surface area (Å²) in [5.41, 5.74) is 2.10. The van der Waals surface area contributed by atoms with Gasteiger partial charge in [-0.1, -0.05) is 58.4 Å². The van der Waals surface area contributed by atoms with Gasteiger partial charge in [-0.3, -0.25) is 9.59 Å². The number of nitrogens with one attached hydrogen (secondary N) is 1. The zero-order valence-corrected chi connectivity index (χ0v) is 16.1. The minimum atomic E-state index is -0.521. The molecule has 2 aromatic rings. The Balaban J connectivity index is 2.12.